The van der Waals surface area contributed by atoms with Crippen LogP contribution in [-0.2, 0) is 9.53 Å². The third-order valence-electron chi connectivity index (χ3n) is 2.25. The topological polar surface area (TPSA) is 55.4 Å². The summed E-state index contributed by atoms with van der Waals surface area (Å²) in [5.74, 6) is -0.770. The molecule has 4 nitrogen and oxygen atoms in total. The zero-order valence-electron chi connectivity index (χ0n) is 10.2. The van der Waals surface area contributed by atoms with Crippen LogP contribution in [0, 0.1) is 0 Å². The molecule has 0 radical (unpaired) electrons. The number of unbranched alkanes of at least 4 members (excludes halogenated alkanes) is 1. The molecule has 0 atom stereocenters. The van der Waals surface area contributed by atoms with Crippen molar-refractivity contribution in [3.05, 3.63) is 34.3 Å². The number of benzene rings is 1. The number of amides is 1. The van der Waals surface area contributed by atoms with Crippen LogP contribution in [0.25, 0.3) is 0 Å². The Morgan fingerprint density at radius 1 is 1.39 bits per heavy atom. The summed E-state index contributed by atoms with van der Waals surface area (Å²) in [4.78, 5) is 22.9. The van der Waals surface area contributed by atoms with E-state index in [9.17, 15) is 9.59 Å². The predicted molar refractivity (Wildman–Crippen MR) is 72.3 cm³/mol. The van der Waals surface area contributed by atoms with E-state index < -0.39 is 5.97 Å². The van der Waals surface area contributed by atoms with Crippen LogP contribution in [0.2, 0.25) is 0 Å². The lowest BCUT2D eigenvalue weighted by atomic mass is 10.2. The normalized spacial score (nSPS) is 9.89. The summed E-state index contributed by atoms with van der Waals surface area (Å²) >= 11 is 3.27. The van der Waals surface area contributed by atoms with Gasteiger partial charge in [-0.25, -0.2) is 4.79 Å². The summed E-state index contributed by atoms with van der Waals surface area (Å²) in [6, 6.07) is 6.84. The molecule has 0 aliphatic carbocycles. The summed E-state index contributed by atoms with van der Waals surface area (Å²) in [5.41, 5.74) is 0.422. The maximum atomic E-state index is 11.6. The molecule has 0 heterocycles. The number of carbonyl (C=O) groups excluding carboxylic acids is 2. The maximum Gasteiger partial charge on any atom is 0.338 e. The second-order valence-electron chi connectivity index (χ2n) is 3.79. The first-order chi connectivity index (χ1) is 8.63. The smallest absolute Gasteiger partial charge is 0.338 e. The van der Waals surface area contributed by atoms with Crippen LogP contribution < -0.4 is 5.32 Å². The van der Waals surface area contributed by atoms with Gasteiger partial charge < -0.3 is 10.1 Å². The molecule has 0 bridgehead atoms. The first kappa shape index (κ1) is 14.7. The van der Waals surface area contributed by atoms with Gasteiger partial charge in [0.2, 0.25) is 0 Å². The molecule has 98 valence electrons. The average Bonchev–Trinajstić information content (AvgIpc) is 2.36. The van der Waals surface area contributed by atoms with Crippen LogP contribution >= 0.6 is 15.9 Å². The number of hydrogen-bond acceptors (Lipinski definition) is 3. The zero-order valence-corrected chi connectivity index (χ0v) is 11.8. The fourth-order valence-corrected chi connectivity index (χ4v) is 1.68. The van der Waals surface area contributed by atoms with Gasteiger partial charge in [0.1, 0.15) is 0 Å². The highest BCUT2D eigenvalue weighted by atomic mass is 79.9. The van der Waals surface area contributed by atoms with Crippen LogP contribution in [0.15, 0.2) is 28.7 Å². The summed E-state index contributed by atoms with van der Waals surface area (Å²) < 4.78 is 5.70. The van der Waals surface area contributed by atoms with E-state index in [4.69, 9.17) is 4.74 Å². The highest BCUT2D eigenvalue weighted by molar-refractivity contribution is 9.10. The van der Waals surface area contributed by atoms with Gasteiger partial charge in [-0.05, 0) is 24.6 Å². The molecule has 1 rings (SSSR count). The van der Waals surface area contributed by atoms with Crippen molar-refractivity contribution in [1.29, 1.82) is 0 Å². The molecule has 0 saturated heterocycles. The van der Waals surface area contributed by atoms with Crippen molar-refractivity contribution in [2.75, 3.05) is 13.2 Å². The molecule has 1 amide bonds. The number of carbonyl (C=O) groups is 2. The van der Waals surface area contributed by atoms with Crippen LogP contribution in [0.4, 0.5) is 0 Å². The van der Waals surface area contributed by atoms with E-state index in [2.05, 4.69) is 21.2 Å². The SMILES string of the molecule is CCCCNC(=O)COC(=O)c1cccc(Br)c1. The Labute approximate surface area is 115 Å². The van der Waals surface area contributed by atoms with E-state index in [1.54, 1.807) is 18.2 Å². The second-order valence-corrected chi connectivity index (χ2v) is 4.71. The second kappa shape index (κ2) is 7.87. The van der Waals surface area contributed by atoms with Crippen LogP contribution in [0.1, 0.15) is 30.1 Å². The molecule has 0 fully saturated rings. The Bertz CT molecular complexity index is 420. The Kier molecular flexibility index (Phi) is 6.43. The standard InChI is InChI=1S/C13H16BrNO3/c1-2-3-7-15-12(16)9-18-13(17)10-5-4-6-11(14)8-10/h4-6,8H,2-3,7,9H2,1H3,(H,15,16). The van der Waals surface area contributed by atoms with E-state index in [0.29, 0.717) is 12.1 Å². The molecule has 0 unspecified atom stereocenters. The number of hydrogen-bond donors (Lipinski definition) is 1. The molecule has 1 N–H and O–H groups in total. The third kappa shape index (κ3) is 5.31. The summed E-state index contributed by atoms with van der Waals surface area (Å²) in [5, 5.41) is 2.68. The molecule has 0 aliphatic rings. The van der Waals surface area contributed by atoms with Gasteiger partial charge in [0.05, 0.1) is 5.56 Å². The van der Waals surface area contributed by atoms with Crippen LogP contribution in [0.3, 0.4) is 0 Å². The van der Waals surface area contributed by atoms with Crippen molar-refractivity contribution in [2.24, 2.45) is 0 Å². The van der Waals surface area contributed by atoms with E-state index in [0.717, 1.165) is 17.3 Å². The van der Waals surface area contributed by atoms with E-state index in [1.165, 1.54) is 0 Å². The molecule has 0 spiro atoms. The Morgan fingerprint density at radius 3 is 2.83 bits per heavy atom. The van der Waals surface area contributed by atoms with Gasteiger partial charge >= 0.3 is 5.97 Å². The highest BCUT2D eigenvalue weighted by Gasteiger charge is 2.09. The highest BCUT2D eigenvalue weighted by Crippen LogP contribution is 2.12. The van der Waals surface area contributed by atoms with E-state index >= 15 is 0 Å². The zero-order chi connectivity index (χ0) is 13.4. The summed E-state index contributed by atoms with van der Waals surface area (Å²) in [6.45, 7) is 2.41. The van der Waals surface area contributed by atoms with Gasteiger partial charge in [-0.3, -0.25) is 4.79 Å². The Morgan fingerprint density at radius 2 is 2.17 bits per heavy atom. The van der Waals surface area contributed by atoms with Crippen molar-refractivity contribution >= 4 is 27.8 Å². The first-order valence-corrected chi connectivity index (χ1v) is 6.62. The fourth-order valence-electron chi connectivity index (χ4n) is 1.29. The molecule has 1 aromatic rings. The minimum atomic E-state index is -0.498. The summed E-state index contributed by atoms with van der Waals surface area (Å²) in [7, 11) is 0. The molecule has 18 heavy (non-hydrogen) atoms. The number of rotatable bonds is 6. The van der Waals surface area contributed by atoms with Gasteiger partial charge in [-0.1, -0.05) is 35.3 Å². The van der Waals surface area contributed by atoms with Crippen molar-refractivity contribution in [2.45, 2.75) is 19.8 Å². The van der Waals surface area contributed by atoms with Crippen molar-refractivity contribution in [1.82, 2.24) is 5.32 Å². The minimum absolute atomic E-state index is 0.241. The number of esters is 1. The fraction of sp³-hybridized carbons (Fsp3) is 0.385. The summed E-state index contributed by atoms with van der Waals surface area (Å²) in [6.07, 6.45) is 1.93. The van der Waals surface area contributed by atoms with E-state index in [1.807, 2.05) is 13.0 Å². The van der Waals surface area contributed by atoms with Crippen molar-refractivity contribution in [3.8, 4) is 0 Å². The monoisotopic (exact) mass is 313 g/mol. The lowest BCUT2D eigenvalue weighted by molar-refractivity contribution is -0.124. The molecule has 1 aromatic carbocycles. The lowest BCUT2D eigenvalue weighted by Crippen LogP contribution is -2.29. The van der Waals surface area contributed by atoms with Crippen molar-refractivity contribution < 1.29 is 14.3 Å². The largest absolute Gasteiger partial charge is 0.452 e. The third-order valence-corrected chi connectivity index (χ3v) is 2.74. The molecule has 0 saturated carbocycles. The molecular weight excluding hydrogens is 298 g/mol. The van der Waals surface area contributed by atoms with Gasteiger partial charge in [-0.2, -0.15) is 0 Å². The van der Waals surface area contributed by atoms with Gasteiger partial charge in [0.25, 0.3) is 5.91 Å². The minimum Gasteiger partial charge on any atom is -0.452 e. The Hall–Kier alpha value is -1.36. The van der Waals surface area contributed by atoms with Crippen molar-refractivity contribution in [3.63, 3.8) is 0 Å². The molecule has 0 aliphatic heterocycles. The predicted octanol–water partition coefficient (Wildman–Crippen LogP) is 2.52. The molecule has 5 heteroatoms. The lowest BCUT2D eigenvalue weighted by Gasteiger charge is -2.06. The van der Waals surface area contributed by atoms with E-state index in [-0.39, 0.29) is 12.5 Å². The van der Waals surface area contributed by atoms with Gasteiger partial charge in [0.15, 0.2) is 6.61 Å². The van der Waals surface area contributed by atoms with Gasteiger partial charge in [-0.15, -0.1) is 0 Å². The average molecular weight is 314 g/mol. The maximum absolute atomic E-state index is 11.6. The first-order valence-electron chi connectivity index (χ1n) is 5.83. The number of ether oxygens (including phenoxy) is 1. The van der Waals surface area contributed by atoms with Crippen LogP contribution in [-0.4, -0.2) is 25.0 Å². The molecular formula is C13H16BrNO3. The quantitative estimate of drug-likeness (QED) is 0.648. The van der Waals surface area contributed by atoms with Crippen LogP contribution in [0.5, 0.6) is 0 Å². The molecule has 0 aromatic heterocycles. The Balaban J connectivity index is 2.35. The number of nitrogens with one attached hydrogen (secondary N) is 1. The number of halogens is 1. The van der Waals surface area contributed by atoms with Gasteiger partial charge in [0, 0.05) is 11.0 Å².